The Morgan fingerprint density at radius 2 is 2.25 bits per heavy atom. The molecule has 84 valence electrons. The first-order valence-corrected chi connectivity index (χ1v) is 5.48. The van der Waals surface area contributed by atoms with Crippen molar-refractivity contribution in [3.63, 3.8) is 0 Å². The molecule has 0 aromatic carbocycles. The molecular formula is C9H10BrN5O. The van der Waals surface area contributed by atoms with Gasteiger partial charge in [0.05, 0.1) is 6.61 Å². The summed E-state index contributed by atoms with van der Waals surface area (Å²) in [4.78, 5) is 8.19. The third kappa shape index (κ3) is 2.13. The molecule has 2 heterocycles. The van der Waals surface area contributed by atoms with Crippen LogP contribution < -0.4 is 10.5 Å². The highest BCUT2D eigenvalue weighted by atomic mass is 79.9. The summed E-state index contributed by atoms with van der Waals surface area (Å²) in [6.07, 6.45) is 0. The second-order valence-corrected chi connectivity index (χ2v) is 3.63. The lowest BCUT2D eigenvalue weighted by Gasteiger charge is -2.04. The van der Waals surface area contributed by atoms with E-state index in [0.29, 0.717) is 23.0 Å². The second-order valence-electron chi connectivity index (χ2n) is 2.92. The molecule has 2 aromatic rings. The van der Waals surface area contributed by atoms with Crippen LogP contribution in [0, 0.1) is 0 Å². The number of hydrogen-bond donors (Lipinski definition) is 1. The summed E-state index contributed by atoms with van der Waals surface area (Å²) >= 11 is 3.25. The molecule has 2 N–H and O–H groups in total. The minimum Gasteiger partial charge on any atom is -0.478 e. The fourth-order valence-electron chi connectivity index (χ4n) is 1.20. The van der Waals surface area contributed by atoms with Gasteiger partial charge in [-0.3, -0.25) is 0 Å². The van der Waals surface area contributed by atoms with Gasteiger partial charge in [-0.1, -0.05) is 6.07 Å². The number of nitrogens with zero attached hydrogens (tertiary/aromatic N) is 4. The summed E-state index contributed by atoms with van der Waals surface area (Å²) in [7, 11) is 0. The van der Waals surface area contributed by atoms with Crippen molar-refractivity contribution in [3.8, 4) is 11.7 Å². The van der Waals surface area contributed by atoms with Crippen molar-refractivity contribution in [2.45, 2.75) is 6.92 Å². The largest absolute Gasteiger partial charge is 0.478 e. The van der Waals surface area contributed by atoms with Gasteiger partial charge in [0.2, 0.25) is 16.6 Å². The Balaban J connectivity index is 2.40. The molecule has 0 fully saturated rings. The number of halogens is 1. The van der Waals surface area contributed by atoms with E-state index < -0.39 is 0 Å². The van der Waals surface area contributed by atoms with E-state index in [2.05, 4.69) is 31.0 Å². The molecule has 6 nitrogen and oxygen atoms in total. The van der Waals surface area contributed by atoms with Crippen LogP contribution in [0.2, 0.25) is 0 Å². The van der Waals surface area contributed by atoms with Crippen LogP contribution in [-0.2, 0) is 0 Å². The number of hydrogen-bond acceptors (Lipinski definition) is 5. The molecule has 0 radical (unpaired) electrons. The van der Waals surface area contributed by atoms with Gasteiger partial charge in [-0.15, -0.1) is 5.10 Å². The Labute approximate surface area is 101 Å². The van der Waals surface area contributed by atoms with Gasteiger partial charge in [0.1, 0.15) is 0 Å². The highest BCUT2D eigenvalue weighted by Crippen LogP contribution is 2.16. The average molecular weight is 284 g/mol. The van der Waals surface area contributed by atoms with Crippen molar-refractivity contribution in [1.29, 1.82) is 0 Å². The van der Waals surface area contributed by atoms with Crippen molar-refractivity contribution in [1.82, 2.24) is 19.7 Å². The van der Waals surface area contributed by atoms with Crippen LogP contribution in [0.15, 0.2) is 22.9 Å². The van der Waals surface area contributed by atoms with Crippen LogP contribution in [-0.4, -0.2) is 26.4 Å². The molecule has 16 heavy (non-hydrogen) atoms. The molecule has 0 amide bonds. The van der Waals surface area contributed by atoms with Crippen LogP contribution in [0.1, 0.15) is 6.92 Å². The van der Waals surface area contributed by atoms with E-state index in [9.17, 15) is 0 Å². The first-order valence-electron chi connectivity index (χ1n) is 4.69. The van der Waals surface area contributed by atoms with Gasteiger partial charge in [0, 0.05) is 6.07 Å². The Morgan fingerprint density at radius 3 is 2.88 bits per heavy atom. The average Bonchev–Trinajstić information content (AvgIpc) is 2.59. The topological polar surface area (TPSA) is 78.9 Å². The van der Waals surface area contributed by atoms with Crippen molar-refractivity contribution >= 4 is 21.9 Å². The number of pyridine rings is 1. The monoisotopic (exact) mass is 283 g/mol. The molecule has 0 saturated heterocycles. The lowest BCUT2D eigenvalue weighted by Crippen LogP contribution is -2.02. The van der Waals surface area contributed by atoms with E-state index in [1.807, 2.05) is 13.0 Å². The molecule has 0 aliphatic carbocycles. The summed E-state index contributed by atoms with van der Waals surface area (Å²) in [5.41, 5.74) is 5.48. The summed E-state index contributed by atoms with van der Waals surface area (Å²) in [6, 6.07) is 5.40. The van der Waals surface area contributed by atoms with Crippen molar-refractivity contribution in [2.75, 3.05) is 12.3 Å². The molecule has 0 atom stereocenters. The molecule has 0 aliphatic rings. The molecule has 0 bridgehead atoms. The number of ether oxygens (including phenoxy) is 1. The fraction of sp³-hybridized carbons (Fsp3) is 0.222. The smallest absolute Gasteiger partial charge is 0.240 e. The Hall–Kier alpha value is -1.63. The zero-order valence-electron chi connectivity index (χ0n) is 8.59. The quantitative estimate of drug-likeness (QED) is 0.921. The summed E-state index contributed by atoms with van der Waals surface area (Å²) in [5, 5.41) is 4.00. The van der Waals surface area contributed by atoms with E-state index in [4.69, 9.17) is 10.5 Å². The van der Waals surface area contributed by atoms with Gasteiger partial charge in [0.25, 0.3) is 0 Å². The number of anilines is 1. The Bertz CT molecular complexity index is 498. The second kappa shape index (κ2) is 4.48. The normalized spacial score (nSPS) is 10.4. The molecule has 0 unspecified atom stereocenters. The molecule has 0 spiro atoms. The highest BCUT2D eigenvalue weighted by Gasteiger charge is 2.08. The van der Waals surface area contributed by atoms with E-state index in [1.54, 1.807) is 12.1 Å². The van der Waals surface area contributed by atoms with Gasteiger partial charge in [-0.2, -0.15) is 14.6 Å². The number of aromatic nitrogens is 4. The van der Waals surface area contributed by atoms with Crippen LogP contribution in [0.4, 0.5) is 5.95 Å². The third-order valence-electron chi connectivity index (χ3n) is 1.80. The lowest BCUT2D eigenvalue weighted by atomic mass is 10.4. The number of rotatable bonds is 3. The predicted octanol–water partition coefficient (Wildman–Crippen LogP) is 1.41. The zero-order chi connectivity index (χ0) is 11.5. The minimum atomic E-state index is 0.190. The maximum atomic E-state index is 5.48. The van der Waals surface area contributed by atoms with Crippen molar-refractivity contribution in [3.05, 3.63) is 22.9 Å². The van der Waals surface area contributed by atoms with Crippen LogP contribution in [0.5, 0.6) is 5.88 Å². The molecule has 0 aliphatic heterocycles. The van der Waals surface area contributed by atoms with Crippen LogP contribution in [0.25, 0.3) is 5.82 Å². The van der Waals surface area contributed by atoms with E-state index in [1.165, 1.54) is 4.68 Å². The maximum Gasteiger partial charge on any atom is 0.240 e. The molecule has 2 aromatic heterocycles. The third-order valence-corrected chi connectivity index (χ3v) is 2.32. The summed E-state index contributed by atoms with van der Waals surface area (Å²) in [5.74, 6) is 1.33. The lowest BCUT2D eigenvalue weighted by molar-refractivity contribution is 0.326. The number of nitrogen functional groups attached to an aromatic ring is 1. The Kier molecular flexibility index (Phi) is 3.04. The highest BCUT2D eigenvalue weighted by molar-refractivity contribution is 9.10. The van der Waals surface area contributed by atoms with Gasteiger partial charge < -0.3 is 10.5 Å². The molecule has 2 rings (SSSR count). The SMILES string of the molecule is CCOc1cccc(-n2nc(N)nc2Br)n1. The summed E-state index contributed by atoms with van der Waals surface area (Å²) < 4.78 is 7.30. The van der Waals surface area contributed by atoms with E-state index >= 15 is 0 Å². The first-order chi connectivity index (χ1) is 7.70. The fourth-order valence-corrected chi connectivity index (χ4v) is 1.65. The minimum absolute atomic E-state index is 0.190. The van der Waals surface area contributed by atoms with Crippen LogP contribution >= 0.6 is 15.9 Å². The van der Waals surface area contributed by atoms with Gasteiger partial charge in [-0.25, -0.2) is 0 Å². The van der Waals surface area contributed by atoms with E-state index in [-0.39, 0.29) is 5.95 Å². The standard InChI is InChI=1S/C9H10BrN5O/c1-2-16-7-5-3-4-6(12-7)15-8(10)13-9(11)14-15/h3-5H,2H2,1H3,(H2,11,14). The van der Waals surface area contributed by atoms with E-state index in [0.717, 1.165) is 0 Å². The number of nitrogens with two attached hydrogens (primary N) is 1. The van der Waals surface area contributed by atoms with Gasteiger partial charge in [0.15, 0.2) is 5.82 Å². The van der Waals surface area contributed by atoms with Gasteiger partial charge in [-0.05, 0) is 28.9 Å². The summed E-state index contributed by atoms with van der Waals surface area (Å²) in [6.45, 7) is 2.47. The van der Waals surface area contributed by atoms with Crippen LogP contribution in [0.3, 0.4) is 0 Å². The predicted molar refractivity (Wildman–Crippen MR) is 62.4 cm³/mol. The maximum absolute atomic E-state index is 5.48. The van der Waals surface area contributed by atoms with Crippen molar-refractivity contribution in [2.24, 2.45) is 0 Å². The molecule has 0 saturated carbocycles. The van der Waals surface area contributed by atoms with Crippen molar-refractivity contribution < 1.29 is 4.74 Å². The van der Waals surface area contributed by atoms with Gasteiger partial charge >= 0.3 is 0 Å². The molecule has 7 heteroatoms. The Morgan fingerprint density at radius 1 is 1.44 bits per heavy atom. The first kappa shape index (κ1) is 10.9. The zero-order valence-corrected chi connectivity index (χ0v) is 10.2. The molecular weight excluding hydrogens is 274 g/mol.